The highest BCUT2D eigenvalue weighted by Gasteiger charge is 2.04. The maximum atomic E-state index is 13.0. The summed E-state index contributed by atoms with van der Waals surface area (Å²) in [4.78, 5) is 0. The Morgan fingerprint density at radius 3 is 2.42 bits per heavy atom. The van der Waals surface area contributed by atoms with Crippen LogP contribution < -0.4 is 11.5 Å². The average molecular weight is 170 g/mol. The molecule has 0 aliphatic carbocycles. The first-order valence-corrected chi connectivity index (χ1v) is 3.59. The summed E-state index contributed by atoms with van der Waals surface area (Å²) >= 11 is 0. The van der Waals surface area contributed by atoms with Crippen LogP contribution in [0.1, 0.15) is 5.56 Å². The lowest BCUT2D eigenvalue weighted by Gasteiger charge is -2.04. The van der Waals surface area contributed by atoms with E-state index in [1.54, 1.807) is 0 Å². The van der Waals surface area contributed by atoms with Crippen LogP contribution in [0, 0.1) is 5.82 Å². The largest absolute Gasteiger partial charge is 0.397 e. The standard InChI is InChI=1S/C8H11FN2O/c9-6-4-8(11)7(10)3-5(6)1-2-12/h3-4,12H,1-2,10-11H2. The fraction of sp³-hybridized carbons (Fsp3) is 0.250. The summed E-state index contributed by atoms with van der Waals surface area (Å²) < 4.78 is 13.0. The quantitative estimate of drug-likeness (QED) is 0.567. The predicted octanol–water partition coefficient (Wildman–Crippen LogP) is 0.525. The van der Waals surface area contributed by atoms with E-state index in [0.717, 1.165) is 0 Å². The lowest BCUT2D eigenvalue weighted by atomic mass is 10.1. The van der Waals surface area contributed by atoms with Crippen LogP contribution in [-0.2, 0) is 6.42 Å². The van der Waals surface area contributed by atoms with Crippen molar-refractivity contribution < 1.29 is 9.50 Å². The Labute approximate surface area is 69.8 Å². The molecular weight excluding hydrogens is 159 g/mol. The SMILES string of the molecule is Nc1cc(F)c(CCO)cc1N. The van der Waals surface area contributed by atoms with Gasteiger partial charge in [-0.1, -0.05) is 0 Å². The molecular formula is C8H11FN2O. The summed E-state index contributed by atoms with van der Waals surface area (Å²) in [6.45, 7) is -0.0969. The topological polar surface area (TPSA) is 72.3 Å². The Morgan fingerprint density at radius 2 is 1.83 bits per heavy atom. The van der Waals surface area contributed by atoms with Crippen LogP contribution in [0.15, 0.2) is 12.1 Å². The Kier molecular flexibility index (Phi) is 2.50. The molecule has 1 rings (SSSR count). The maximum Gasteiger partial charge on any atom is 0.128 e. The number of halogens is 1. The number of benzene rings is 1. The van der Waals surface area contributed by atoms with Gasteiger partial charge in [0, 0.05) is 6.61 Å². The third-order valence-corrected chi connectivity index (χ3v) is 1.63. The smallest absolute Gasteiger partial charge is 0.128 e. The summed E-state index contributed by atoms with van der Waals surface area (Å²) in [5.41, 5.74) is 11.8. The minimum Gasteiger partial charge on any atom is -0.397 e. The van der Waals surface area contributed by atoms with E-state index in [9.17, 15) is 4.39 Å². The van der Waals surface area contributed by atoms with E-state index in [0.29, 0.717) is 11.3 Å². The van der Waals surface area contributed by atoms with Crippen LogP contribution in [0.4, 0.5) is 15.8 Å². The molecule has 4 heteroatoms. The molecule has 5 N–H and O–H groups in total. The molecule has 0 heterocycles. The van der Waals surface area contributed by atoms with Crippen LogP contribution in [0.3, 0.4) is 0 Å². The van der Waals surface area contributed by atoms with Gasteiger partial charge in [-0.2, -0.15) is 0 Å². The van der Waals surface area contributed by atoms with Crippen LogP contribution in [-0.4, -0.2) is 11.7 Å². The molecule has 0 fully saturated rings. The second kappa shape index (κ2) is 3.40. The number of nitrogens with two attached hydrogens (primary N) is 2. The predicted molar refractivity (Wildman–Crippen MR) is 46.0 cm³/mol. The zero-order valence-corrected chi connectivity index (χ0v) is 6.55. The second-order valence-electron chi connectivity index (χ2n) is 2.55. The highest BCUT2D eigenvalue weighted by molar-refractivity contribution is 5.64. The van der Waals surface area contributed by atoms with Gasteiger partial charge >= 0.3 is 0 Å². The molecule has 0 radical (unpaired) electrons. The Bertz CT molecular complexity index is 289. The summed E-state index contributed by atoms with van der Waals surface area (Å²) in [5.74, 6) is -0.421. The van der Waals surface area contributed by atoms with Gasteiger partial charge in [0.15, 0.2) is 0 Å². The maximum absolute atomic E-state index is 13.0. The van der Waals surface area contributed by atoms with Gasteiger partial charge in [0.25, 0.3) is 0 Å². The molecule has 0 spiro atoms. The Balaban J connectivity index is 3.05. The van der Waals surface area contributed by atoms with Crippen LogP contribution in [0.25, 0.3) is 0 Å². The minimum atomic E-state index is -0.421. The third-order valence-electron chi connectivity index (χ3n) is 1.63. The summed E-state index contributed by atoms with van der Waals surface area (Å²) in [7, 11) is 0. The number of anilines is 2. The fourth-order valence-corrected chi connectivity index (χ4v) is 0.965. The van der Waals surface area contributed by atoms with E-state index in [1.165, 1.54) is 12.1 Å². The first-order valence-electron chi connectivity index (χ1n) is 3.59. The molecule has 0 aliphatic heterocycles. The zero-order chi connectivity index (χ0) is 9.14. The van der Waals surface area contributed by atoms with Crippen molar-refractivity contribution in [1.29, 1.82) is 0 Å². The number of aliphatic hydroxyl groups excluding tert-OH is 1. The van der Waals surface area contributed by atoms with E-state index in [1.807, 2.05) is 0 Å². The van der Waals surface area contributed by atoms with E-state index in [-0.39, 0.29) is 18.7 Å². The number of nitrogen functional groups attached to an aromatic ring is 2. The first kappa shape index (κ1) is 8.80. The van der Waals surface area contributed by atoms with Crippen molar-refractivity contribution in [3.63, 3.8) is 0 Å². The lowest BCUT2D eigenvalue weighted by Crippen LogP contribution is -2.01. The van der Waals surface area contributed by atoms with E-state index >= 15 is 0 Å². The molecule has 0 aromatic heterocycles. The van der Waals surface area contributed by atoms with Crippen molar-refractivity contribution in [3.05, 3.63) is 23.5 Å². The van der Waals surface area contributed by atoms with Crippen LogP contribution >= 0.6 is 0 Å². The van der Waals surface area contributed by atoms with Crippen molar-refractivity contribution in [3.8, 4) is 0 Å². The molecule has 1 aromatic rings. The molecule has 0 bridgehead atoms. The van der Waals surface area contributed by atoms with E-state index < -0.39 is 5.82 Å². The first-order chi connectivity index (χ1) is 5.65. The lowest BCUT2D eigenvalue weighted by molar-refractivity contribution is 0.297. The monoisotopic (exact) mass is 170 g/mol. The van der Waals surface area contributed by atoms with Gasteiger partial charge in [-0.25, -0.2) is 4.39 Å². The number of hydrogen-bond acceptors (Lipinski definition) is 3. The van der Waals surface area contributed by atoms with Crippen molar-refractivity contribution in [2.24, 2.45) is 0 Å². The summed E-state index contributed by atoms with van der Waals surface area (Å²) in [6, 6.07) is 2.61. The highest BCUT2D eigenvalue weighted by atomic mass is 19.1. The molecule has 0 unspecified atom stereocenters. The van der Waals surface area contributed by atoms with Gasteiger partial charge in [0.2, 0.25) is 0 Å². The normalized spacial score (nSPS) is 10.2. The highest BCUT2D eigenvalue weighted by Crippen LogP contribution is 2.19. The van der Waals surface area contributed by atoms with Gasteiger partial charge in [-0.15, -0.1) is 0 Å². The summed E-state index contributed by atoms with van der Waals surface area (Å²) in [6.07, 6.45) is 0.260. The van der Waals surface area contributed by atoms with Crippen molar-refractivity contribution in [1.82, 2.24) is 0 Å². The molecule has 0 saturated heterocycles. The van der Waals surface area contributed by atoms with Gasteiger partial charge < -0.3 is 16.6 Å². The van der Waals surface area contributed by atoms with Crippen molar-refractivity contribution >= 4 is 11.4 Å². The van der Waals surface area contributed by atoms with Crippen LogP contribution in [0.5, 0.6) is 0 Å². The minimum absolute atomic E-state index is 0.0969. The number of aliphatic hydroxyl groups is 1. The Hall–Kier alpha value is -1.29. The zero-order valence-electron chi connectivity index (χ0n) is 6.55. The number of rotatable bonds is 2. The van der Waals surface area contributed by atoms with Crippen molar-refractivity contribution in [2.45, 2.75) is 6.42 Å². The third kappa shape index (κ3) is 1.65. The second-order valence-corrected chi connectivity index (χ2v) is 2.55. The number of hydrogen-bond donors (Lipinski definition) is 3. The van der Waals surface area contributed by atoms with E-state index in [2.05, 4.69) is 0 Å². The molecule has 0 atom stereocenters. The Morgan fingerprint density at radius 1 is 1.25 bits per heavy atom. The molecule has 1 aromatic carbocycles. The average Bonchev–Trinajstić information content (AvgIpc) is 2.01. The van der Waals surface area contributed by atoms with Gasteiger partial charge in [0.1, 0.15) is 5.82 Å². The van der Waals surface area contributed by atoms with E-state index in [4.69, 9.17) is 16.6 Å². The molecule has 0 amide bonds. The fourth-order valence-electron chi connectivity index (χ4n) is 0.965. The molecule has 0 saturated carbocycles. The van der Waals surface area contributed by atoms with Crippen molar-refractivity contribution in [2.75, 3.05) is 18.1 Å². The van der Waals surface area contributed by atoms with Gasteiger partial charge in [-0.05, 0) is 24.1 Å². The molecule has 0 aliphatic rings. The molecule has 3 nitrogen and oxygen atoms in total. The van der Waals surface area contributed by atoms with Gasteiger partial charge in [0.05, 0.1) is 11.4 Å². The van der Waals surface area contributed by atoms with Crippen LogP contribution in [0.2, 0.25) is 0 Å². The molecule has 66 valence electrons. The van der Waals surface area contributed by atoms with Gasteiger partial charge in [-0.3, -0.25) is 0 Å². The molecule has 12 heavy (non-hydrogen) atoms. The summed E-state index contributed by atoms with van der Waals surface area (Å²) in [5, 5.41) is 8.57.